The summed E-state index contributed by atoms with van der Waals surface area (Å²) < 4.78 is 10.5. The number of aromatic nitrogens is 1. The lowest BCUT2D eigenvalue weighted by atomic mass is 10.1. The maximum atomic E-state index is 12.3. The van der Waals surface area contributed by atoms with Gasteiger partial charge in [0.25, 0.3) is 0 Å². The molecule has 3 aromatic rings. The number of amides is 1. The highest BCUT2D eigenvalue weighted by Crippen LogP contribution is 2.32. The predicted octanol–water partition coefficient (Wildman–Crippen LogP) is 5.32. The molecule has 0 atom stereocenters. The molecule has 0 aliphatic rings. The zero-order chi connectivity index (χ0) is 19.4. The zero-order valence-corrected chi connectivity index (χ0v) is 16.9. The molecular weight excluding hydrogens is 407 g/mol. The number of hydrogen-bond acceptors (Lipinski definition) is 5. The van der Waals surface area contributed by atoms with E-state index in [-0.39, 0.29) is 12.3 Å². The van der Waals surface area contributed by atoms with Gasteiger partial charge in [-0.2, -0.15) is 0 Å². The van der Waals surface area contributed by atoms with Crippen LogP contribution in [0.15, 0.2) is 41.8 Å². The number of methoxy groups -OCH3 is 2. The van der Waals surface area contributed by atoms with Gasteiger partial charge in [0, 0.05) is 16.0 Å². The average molecular weight is 423 g/mol. The number of anilines is 1. The number of nitrogens with one attached hydrogen (secondary N) is 1. The topological polar surface area (TPSA) is 60.5 Å². The van der Waals surface area contributed by atoms with Crippen molar-refractivity contribution < 1.29 is 14.3 Å². The predicted molar refractivity (Wildman–Crippen MR) is 109 cm³/mol. The van der Waals surface area contributed by atoms with Crippen LogP contribution in [-0.2, 0) is 11.2 Å². The van der Waals surface area contributed by atoms with Gasteiger partial charge < -0.3 is 14.8 Å². The number of rotatable bonds is 6. The van der Waals surface area contributed by atoms with Crippen LogP contribution in [0.2, 0.25) is 10.0 Å². The van der Waals surface area contributed by atoms with Crippen molar-refractivity contribution in [2.24, 2.45) is 0 Å². The molecule has 0 bridgehead atoms. The molecule has 0 saturated heterocycles. The molecule has 0 radical (unpaired) electrons. The summed E-state index contributed by atoms with van der Waals surface area (Å²) in [6.45, 7) is 0. The Bertz CT molecular complexity index is 975. The lowest BCUT2D eigenvalue weighted by Gasteiger charge is -2.09. The van der Waals surface area contributed by atoms with Gasteiger partial charge in [0.1, 0.15) is 0 Å². The summed E-state index contributed by atoms with van der Waals surface area (Å²) in [7, 11) is 3.12. The highest BCUT2D eigenvalue weighted by molar-refractivity contribution is 7.14. The standard InChI is InChI=1S/C19H16Cl2N2O3S/c1-25-16-6-3-11(7-17(16)26-2)8-18(24)23-19-22-15(10-27-19)13-5-4-12(20)9-14(13)21/h3-7,9-10H,8H2,1-2H3,(H,22,23,24). The SMILES string of the molecule is COc1ccc(CC(=O)Nc2nc(-c3ccc(Cl)cc3Cl)cs2)cc1OC. The number of nitrogens with zero attached hydrogens (tertiary/aromatic N) is 1. The van der Waals surface area contributed by atoms with E-state index >= 15 is 0 Å². The minimum Gasteiger partial charge on any atom is -0.493 e. The summed E-state index contributed by atoms with van der Waals surface area (Å²) in [6, 6.07) is 10.6. The van der Waals surface area contributed by atoms with E-state index < -0.39 is 0 Å². The van der Waals surface area contributed by atoms with Crippen LogP contribution < -0.4 is 14.8 Å². The fourth-order valence-corrected chi connectivity index (χ4v) is 3.72. The van der Waals surface area contributed by atoms with E-state index in [1.807, 2.05) is 11.4 Å². The molecular formula is C19H16Cl2N2O3S. The first-order valence-electron chi connectivity index (χ1n) is 7.92. The Morgan fingerprint density at radius 3 is 2.59 bits per heavy atom. The van der Waals surface area contributed by atoms with Crippen molar-refractivity contribution in [3.05, 3.63) is 57.4 Å². The molecule has 0 spiro atoms. The summed E-state index contributed by atoms with van der Waals surface area (Å²) >= 11 is 13.5. The van der Waals surface area contributed by atoms with Crippen LogP contribution in [0.5, 0.6) is 11.5 Å². The third-order valence-electron chi connectivity index (χ3n) is 3.77. The molecule has 1 N–H and O–H groups in total. The Balaban J connectivity index is 1.69. The van der Waals surface area contributed by atoms with E-state index in [4.69, 9.17) is 32.7 Å². The van der Waals surface area contributed by atoms with Crippen molar-refractivity contribution in [2.45, 2.75) is 6.42 Å². The van der Waals surface area contributed by atoms with Gasteiger partial charge in [-0.15, -0.1) is 11.3 Å². The summed E-state index contributed by atoms with van der Waals surface area (Å²) in [4.78, 5) is 16.8. The molecule has 3 rings (SSSR count). The fraction of sp³-hybridized carbons (Fsp3) is 0.158. The van der Waals surface area contributed by atoms with Gasteiger partial charge in [-0.05, 0) is 35.9 Å². The van der Waals surface area contributed by atoms with Gasteiger partial charge in [-0.25, -0.2) is 4.98 Å². The highest BCUT2D eigenvalue weighted by atomic mass is 35.5. The Morgan fingerprint density at radius 1 is 1.11 bits per heavy atom. The number of ether oxygens (including phenoxy) is 2. The number of carbonyl (C=O) groups is 1. The van der Waals surface area contributed by atoms with E-state index in [0.29, 0.717) is 32.4 Å². The van der Waals surface area contributed by atoms with Crippen molar-refractivity contribution >= 4 is 45.6 Å². The third-order valence-corrected chi connectivity index (χ3v) is 5.08. The van der Waals surface area contributed by atoms with Crippen LogP contribution in [0.1, 0.15) is 5.56 Å². The summed E-state index contributed by atoms with van der Waals surface area (Å²) in [6.07, 6.45) is 0.191. The van der Waals surface area contributed by atoms with E-state index in [1.54, 1.807) is 44.6 Å². The molecule has 2 aromatic carbocycles. The number of thiazole rings is 1. The molecule has 0 aliphatic heterocycles. The molecule has 1 aromatic heterocycles. The van der Waals surface area contributed by atoms with Crippen molar-refractivity contribution in [3.8, 4) is 22.8 Å². The summed E-state index contributed by atoms with van der Waals surface area (Å²) in [5, 5.41) is 6.21. The molecule has 0 unspecified atom stereocenters. The van der Waals surface area contributed by atoms with Gasteiger partial charge in [0.15, 0.2) is 16.6 Å². The van der Waals surface area contributed by atoms with Crippen LogP contribution in [-0.4, -0.2) is 25.1 Å². The number of hydrogen-bond donors (Lipinski definition) is 1. The van der Waals surface area contributed by atoms with Crippen molar-refractivity contribution in [1.29, 1.82) is 0 Å². The second kappa shape index (κ2) is 8.61. The van der Waals surface area contributed by atoms with Gasteiger partial charge in [0.2, 0.25) is 5.91 Å². The fourth-order valence-electron chi connectivity index (χ4n) is 2.49. The van der Waals surface area contributed by atoms with E-state index in [2.05, 4.69) is 10.3 Å². The maximum Gasteiger partial charge on any atom is 0.230 e. The molecule has 0 fully saturated rings. The van der Waals surface area contributed by atoms with Gasteiger partial charge in [-0.1, -0.05) is 29.3 Å². The lowest BCUT2D eigenvalue weighted by molar-refractivity contribution is -0.115. The first-order chi connectivity index (χ1) is 13.0. The molecule has 0 saturated carbocycles. The minimum atomic E-state index is -0.176. The van der Waals surface area contributed by atoms with E-state index in [9.17, 15) is 4.79 Å². The van der Waals surface area contributed by atoms with Gasteiger partial charge >= 0.3 is 0 Å². The lowest BCUT2D eigenvalue weighted by Crippen LogP contribution is -2.14. The first kappa shape index (κ1) is 19.5. The van der Waals surface area contributed by atoms with E-state index in [1.165, 1.54) is 11.3 Å². The van der Waals surface area contributed by atoms with Crippen LogP contribution in [0, 0.1) is 0 Å². The van der Waals surface area contributed by atoms with Crippen molar-refractivity contribution in [3.63, 3.8) is 0 Å². The Morgan fingerprint density at radius 2 is 1.89 bits per heavy atom. The maximum absolute atomic E-state index is 12.3. The molecule has 1 heterocycles. The van der Waals surface area contributed by atoms with Gasteiger partial charge in [0.05, 0.1) is 31.4 Å². The quantitative estimate of drug-likeness (QED) is 0.583. The molecule has 8 heteroatoms. The Hall–Kier alpha value is -2.28. The highest BCUT2D eigenvalue weighted by Gasteiger charge is 2.12. The Kier molecular flexibility index (Phi) is 6.21. The summed E-state index contributed by atoms with van der Waals surface area (Å²) in [5.41, 5.74) is 2.25. The smallest absolute Gasteiger partial charge is 0.230 e. The minimum absolute atomic E-state index is 0.176. The molecule has 140 valence electrons. The van der Waals surface area contributed by atoms with Gasteiger partial charge in [-0.3, -0.25) is 4.79 Å². The van der Waals surface area contributed by atoms with Crippen molar-refractivity contribution in [2.75, 3.05) is 19.5 Å². The second-order valence-corrected chi connectivity index (χ2v) is 7.28. The first-order valence-corrected chi connectivity index (χ1v) is 9.55. The van der Waals surface area contributed by atoms with Crippen LogP contribution in [0.3, 0.4) is 0 Å². The molecule has 1 amide bonds. The zero-order valence-electron chi connectivity index (χ0n) is 14.6. The summed E-state index contributed by atoms with van der Waals surface area (Å²) in [5.74, 6) is 1.02. The Labute approximate surface area is 170 Å². The van der Waals surface area contributed by atoms with Crippen LogP contribution in [0.4, 0.5) is 5.13 Å². The largest absolute Gasteiger partial charge is 0.493 e. The molecule has 0 aliphatic carbocycles. The van der Waals surface area contributed by atoms with Crippen molar-refractivity contribution in [1.82, 2.24) is 4.98 Å². The number of carbonyl (C=O) groups excluding carboxylic acids is 1. The second-order valence-electron chi connectivity index (χ2n) is 5.58. The monoisotopic (exact) mass is 422 g/mol. The normalized spacial score (nSPS) is 10.5. The number of benzene rings is 2. The molecule has 5 nitrogen and oxygen atoms in total. The van der Waals surface area contributed by atoms with Crippen LogP contribution >= 0.6 is 34.5 Å². The van der Waals surface area contributed by atoms with E-state index in [0.717, 1.165) is 11.1 Å². The van der Waals surface area contributed by atoms with Crippen LogP contribution in [0.25, 0.3) is 11.3 Å². The third kappa shape index (κ3) is 4.71. The molecule has 27 heavy (non-hydrogen) atoms. The number of halogens is 2. The average Bonchev–Trinajstić information content (AvgIpc) is 3.09.